The Labute approximate surface area is 86.1 Å². The maximum atomic E-state index is 10.6. The van der Waals surface area contributed by atoms with E-state index in [1.54, 1.807) is 0 Å². The van der Waals surface area contributed by atoms with Crippen molar-refractivity contribution in [3.05, 3.63) is 35.4 Å². The Bertz CT molecular complexity index is 313. The van der Waals surface area contributed by atoms with Crippen LogP contribution in [0.4, 0.5) is 0 Å². The molecule has 0 saturated heterocycles. The molecule has 0 fully saturated rings. The van der Waals surface area contributed by atoms with Gasteiger partial charge in [0.15, 0.2) is 0 Å². The van der Waals surface area contributed by atoms with Crippen LogP contribution in [0.15, 0.2) is 24.3 Å². The summed E-state index contributed by atoms with van der Waals surface area (Å²) in [5.74, 6) is 0. The quantitative estimate of drug-likeness (QED) is 0.663. The van der Waals surface area contributed by atoms with Gasteiger partial charge >= 0.3 is 0 Å². The first kappa shape index (κ1) is 11.0. The van der Waals surface area contributed by atoms with E-state index in [0.717, 1.165) is 24.7 Å². The van der Waals surface area contributed by atoms with Gasteiger partial charge < -0.3 is 0 Å². The van der Waals surface area contributed by atoms with Crippen LogP contribution in [0, 0.1) is 0 Å². The average molecular weight is 190 g/mol. The highest BCUT2D eigenvalue weighted by Crippen LogP contribution is 2.28. The van der Waals surface area contributed by atoms with Gasteiger partial charge in [0, 0.05) is 5.56 Å². The fourth-order valence-corrected chi connectivity index (χ4v) is 1.80. The molecule has 1 nitrogen and oxygen atoms in total. The van der Waals surface area contributed by atoms with Gasteiger partial charge in [0.1, 0.15) is 6.29 Å². The number of benzene rings is 1. The number of hydrogen-bond acceptors (Lipinski definition) is 1. The van der Waals surface area contributed by atoms with Crippen LogP contribution < -0.4 is 0 Å². The van der Waals surface area contributed by atoms with E-state index in [4.69, 9.17) is 0 Å². The third kappa shape index (κ3) is 2.44. The van der Waals surface area contributed by atoms with Gasteiger partial charge in [-0.25, -0.2) is 0 Å². The predicted molar refractivity (Wildman–Crippen MR) is 59.8 cm³/mol. The first-order valence-electron chi connectivity index (χ1n) is 5.16. The van der Waals surface area contributed by atoms with Gasteiger partial charge in [-0.05, 0) is 23.5 Å². The molecule has 0 amide bonds. The summed E-state index contributed by atoms with van der Waals surface area (Å²) in [4.78, 5) is 10.6. The van der Waals surface area contributed by atoms with Gasteiger partial charge in [-0.2, -0.15) is 0 Å². The van der Waals surface area contributed by atoms with E-state index in [0.29, 0.717) is 0 Å². The van der Waals surface area contributed by atoms with Crippen LogP contribution in [0.3, 0.4) is 0 Å². The first-order valence-corrected chi connectivity index (χ1v) is 5.16. The molecule has 0 radical (unpaired) electrons. The summed E-state index contributed by atoms with van der Waals surface area (Å²) in [5, 5.41) is 0. The van der Waals surface area contributed by atoms with E-state index >= 15 is 0 Å². The Kier molecular flexibility index (Phi) is 3.45. The van der Waals surface area contributed by atoms with Gasteiger partial charge in [-0.15, -0.1) is 0 Å². The first-order chi connectivity index (χ1) is 6.60. The van der Waals surface area contributed by atoms with Crippen molar-refractivity contribution in [3.8, 4) is 0 Å². The van der Waals surface area contributed by atoms with E-state index in [2.05, 4.69) is 26.8 Å². The van der Waals surface area contributed by atoms with Crippen molar-refractivity contribution in [2.45, 2.75) is 39.0 Å². The fourth-order valence-electron chi connectivity index (χ4n) is 1.80. The molecule has 0 N–H and O–H groups in total. The lowest BCUT2D eigenvalue weighted by Gasteiger charge is -2.24. The second-order valence-electron chi connectivity index (χ2n) is 4.38. The lowest BCUT2D eigenvalue weighted by molar-refractivity contribution is 0.112. The van der Waals surface area contributed by atoms with Gasteiger partial charge in [0.05, 0.1) is 0 Å². The Morgan fingerprint density at radius 2 is 2.07 bits per heavy atom. The molecular weight excluding hydrogens is 172 g/mol. The summed E-state index contributed by atoms with van der Waals surface area (Å²) in [7, 11) is 0. The normalized spacial score (nSPS) is 11.4. The van der Waals surface area contributed by atoms with Crippen molar-refractivity contribution >= 4 is 6.29 Å². The van der Waals surface area contributed by atoms with Gasteiger partial charge in [-0.1, -0.05) is 45.4 Å². The van der Waals surface area contributed by atoms with Crippen molar-refractivity contribution in [1.29, 1.82) is 0 Å². The van der Waals surface area contributed by atoms with Crippen LogP contribution >= 0.6 is 0 Å². The van der Waals surface area contributed by atoms with Gasteiger partial charge in [-0.3, -0.25) is 4.79 Å². The van der Waals surface area contributed by atoms with Crippen molar-refractivity contribution in [2.75, 3.05) is 0 Å². The maximum absolute atomic E-state index is 10.6. The molecule has 1 aromatic carbocycles. The molecule has 0 aromatic heterocycles. The van der Waals surface area contributed by atoms with Gasteiger partial charge in [0.25, 0.3) is 0 Å². The summed E-state index contributed by atoms with van der Waals surface area (Å²) in [6.07, 6.45) is 3.22. The lowest BCUT2D eigenvalue weighted by atomic mass is 9.80. The molecule has 0 aliphatic carbocycles. The van der Waals surface area contributed by atoms with E-state index in [-0.39, 0.29) is 5.41 Å². The molecular formula is C13H18O. The zero-order valence-corrected chi connectivity index (χ0v) is 9.21. The van der Waals surface area contributed by atoms with E-state index in [1.165, 1.54) is 5.56 Å². The van der Waals surface area contributed by atoms with Crippen molar-refractivity contribution in [3.63, 3.8) is 0 Å². The third-order valence-electron chi connectivity index (χ3n) is 2.68. The molecule has 0 aliphatic heterocycles. The minimum atomic E-state index is 0.174. The number of carbonyl (C=O) groups is 1. The van der Waals surface area contributed by atoms with Crippen molar-refractivity contribution in [1.82, 2.24) is 0 Å². The molecule has 1 rings (SSSR count). The smallest absolute Gasteiger partial charge is 0.150 e. The molecule has 0 atom stereocenters. The molecule has 14 heavy (non-hydrogen) atoms. The van der Waals surface area contributed by atoms with Crippen LogP contribution in [0.25, 0.3) is 0 Å². The topological polar surface area (TPSA) is 17.1 Å². The Morgan fingerprint density at radius 1 is 1.36 bits per heavy atom. The minimum absolute atomic E-state index is 0.174. The molecule has 76 valence electrons. The van der Waals surface area contributed by atoms with Crippen LogP contribution in [0.2, 0.25) is 0 Å². The zero-order valence-electron chi connectivity index (χ0n) is 9.21. The SMILES string of the molecule is CCCC(C)(C)c1cccc(C=O)c1. The summed E-state index contributed by atoms with van der Waals surface area (Å²) in [5.41, 5.74) is 2.20. The molecule has 0 saturated carbocycles. The number of aldehydes is 1. The highest BCUT2D eigenvalue weighted by molar-refractivity contribution is 5.75. The largest absolute Gasteiger partial charge is 0.298 e. The Hall–Kier alpha value is -1.11. The number of rotatable bonds is 4. The second kappa shape index (κ2) is 4.41. The fraction of sp³-hybridized carbons (Fsp3) is 0.462. The summed E-state index contributed by atoms with van der Waals surface area (Å²) in [6.45, 7) is 6.63. The van der Waals surface area contributed by atoms with Crippen LogP contribution in [0.5, 0.6) is 0 Å². The van der Waals surface area contributed by atoms with Crippen LogP contribution in [-0.4, -0.2) is 6.29 Å². The summed E-state index contributed by atoms with van der Waals surface area (Å²) >= 11 is 0. The molecule has 1 heteroatoms. The molecule has 0 spiro atoms. The Morgan fingerprint density at radius 3 is 2.64 bits per heavy atom. The summed E-state index contributed by atoms with van der Waals surface area (Å²) < 4.78 is 0. The maximum Gasteiger partial charge on any atom is 0.150 e. The molecule has 0 unspecified atom stereocenters. The summed E-state index contributed by atoms with van der Waals surface area (Å²) in [6, 6.07) is 7.89. The minimum Gasteiger partial charge on any atom is -0.298 e. The second-order valence-corrected chi connectivity index (χ2v) is 4.38. The van der Waals surface area contributed by atoms with E-state index in [1.807, 2.05) is 18.2 Å². The molecule has 1 aromatic rings. The molecule has 0 aliphatic rings. The lowest BCUT2D eigenvalue weighted by Crippen LogP contribution is -2.16. The van der Waals surface area contributed by atoms with E-state index < -0.39 is 0 Å². The van der Waals surface area contributed by atoms with Gasteiger partial charge in [0.2, 0.25) is 0 Å². The Balaban J connectivity index is 2.99. The molecule has 0 bridgehead atoms. The number of hydrogen-bond donors (Lipinski definition) is 0. The standard InChI is InChI=1S/C13H18O/c1-4-8-13(2,3)12-7-5-6-11(9-12)10-14/h5-7,9-10H,4,8H2,1-3H3. The highest BCUT2D eigenvalue weighted by Gasteiger charge is 2.19. The molecule has 0 heterocycles. The predicted octanol–water partition coefficient (Wildman–Crippen LogP) is 3.58. The monoisotopic (exact) mass is 190 g/mol. The third-order valence-corrected chi connectivity index (χ3v) is 2.68. The van der Waals surface area contributed by atoms with Crippen molar-refractivity contribution < 1.29 is 4.79 Å². The highest BCUT2D eigenvalue weighted by atomic mass is 16.1. The number of carbonyl (C=O) groups excluding carboxylic acids is 1. The average Bonchev–Trinajstić information content (AvgIpc) is 2.18. The van der Waals surface area contributed by atoms with E-state index in [9.17, 15) is 4.79 Å². The zero-order chi connectivity index (χ0) is 10.6. The van der Waals surface area contributed by atoms with Crippen molar-refractivity contribution in [2.24, 2.45) is 0 Å². The van der Waals surface area contributed by atoms with Crippen LogP contribution in [-0.2, 0) is 5.41 Å². The van der Waals surface area contributed by atoms with Crippen LogP contribution in [0.1, 0.15) is 49.5 Å².